The van der Waals surface area contributed by atoms with Crippen molar-refractivity contribution in [3.63, 3.8) is 0 Å². The lowest BCUT2D eigenvalue weighted by atomic mass is 9.74. The number of benzene rings is 3. The van der Waals surface area contributed by atoms with E-state index >= 15 is 0 Å². The third-order valence-corrected chi connectivity index (χ3v) is 6.49. The van der Waals surface area contributed by atoms with Gasteiger partial charge in [-0.3, -0.25) is 0 Å². The summed E-state index contributed by atoms with van der Waals surface area (Å²) in [7, 11) is 0. The largest absolute Gasteiger partial charge is 0.508 e. The summed E-state index contributed by atoms with van der Waals surface area (Å²) in [6.07, 6.45) is 0. The molecule has 1 heterocycles. The zero-order valence-corrected chi connectivity index (χ0v) is 19.5. The number of hydrogen-bond acceptors (Lipinski definition) is 4. The number of fused-ring (bicyclic) bond motifs is 1. The molecule has 4 nitrogen and oxygen atoms in total. The van der Waals surface area contributed by atoms with Crippen LogP contribution in [0.2, 0.25) is 0 Å². The number of carbonyl (C=O) groups excluding carboxylic acids is 1. The van der Waals surface area contributed by atoms with Crippen LogP contribution in [0.15, 0.2) is 48.5 Å². The Kier molecular flexibility index (Phi) is 5.28. The summed E-state index contributed by atoms with van der Waals surface area (Å²) in [5.41, 5.74) is 5.67. The number of hydrogen-bond donors (Lipinski definition) is 2. The molecule has 1 aliphatic rings. The van der Waals surface area contributed by atoms with Crippen molar-refractivity contribution in [1.82, 2.24) is 0 Å². The fraction of sp³-hybridized carbons (Fsp3) is 0.321. The molecule has 0 aliphatic carbocycles. The third-order valence-electron chi connectivity index (χ3n) is 6.49. The summed E-state index contributed by atoms with van der Waals surface area (Å²) in [6, 6.07) is 14.4. The molecule has 32 heavy (non-hydrogen) atoms. The van der Waals surface area contributed by atoms with Gasteiger partial charge in [0.1, 0.15) is 11.5 Å². The van der Waals surface area contributed by atoms with E-state index in [0.717, 1.165) is 38.9 Å². The second-order valence-corrected chi connectivity index (χ2v) is 9.37. The van der Waals surface area contributed by atoms with Crippen molar-refractivity contribution in [2.75, 3.05) is 0 Å². The summed E-state index contributed by atoms with van der Waals surface area (Å²) in [5.74, 6) is 0.391. The maximum atomic E-state index is 13.6. The van der Waals surface area contributed by atoms with Crippen molar-refractivity contribution < 1.29 is 19.7 Å². The molecule has 1 aliphatic heterocycles. The van der Waals surface area contributed by atoms with Crippen LogP contribution < -0.4 is 0 Å². The lowest BCUT2D eigenvalue weighted by Crippen LogP contribution is -2.31. The van der Waals surface area contributed by atoms with E-state index in [1.54, 1.807) is 24.3 Å². The molecule has 0 atom stereocenters. The van der Waals surface area contributed by atoms with Gasteiger partial charge in [0.15, 0.2) is 5.60 Å². The number of rotatable bonds is 4. The highest BCUT2D eigenvalue weighted by Gasteiger charge is 2.51. The third kappa shape index (κ3) is 3.17. The quantitative estimate of drug-likeness (QED) is 0.469. The van der Waals surface area contributed by atoms with Crippen molar-refractivity contribution in [2.45, 2.75) is 59.0 Å². The van der Waals surface area contributed by atoms with Crippen LogP contribution >= 0.6 is 0 Å². The first-order valence-electron chi connectivity index (χ1n) is 11.1. The van der Waals surface area contributed by atoms with E-state index in [4.69, 9.17) is 4.74 Å². The monoisotopic (exact) mass is 430 g/mol. The maximum Gasteiger partial charge on any atom is 0.340 e. The number of carbonyl (C=O) groups is 1. The second kappa shape index (κ2) is 7.70. The Morgan fingerprint density at radius 3 is 1.69 bits per heavy atom. The normalized spacial score (nSPS) is 14.7. The number of cyclic esters (lactones) is 1. The molecule has 3 aromatic rings. The molecule has 4 rings (SSSR count). The van der Waals surface area contributed by atoms with Gasteiger partial charge in [0.05, 0.1) is 5.56 Å². The van der Waals surface area contributed by atoms with E-state index in [2.05, 4.69) is 33.8 Å². The first-order valence-corrected chi connectivity index (χ1v) is 11.1. The highest BCUT2D eigenvalue weighted by Crippen LogP contribution is 2.52. The Bertz CT molecular complexity index is 1170. The molecule has 3 aromatic carbocycles. The molecule has 0 saturated heterocycles. The molecule has 0 radical (unpaired) electrons. The SMILES string of the molecule is Cc1cc(O)ccc1C1(c2ccc(O)cc2C)OC(=O)c2c1ccc(C(C)C)c2C(C)C. The van der Waals surface area contributed by atoms with Gasteiger partial charge in [-0.15, -0.1) is 0 Å². The summed E-state index contributed by atoms with van der Waals surface area (Å²) >= 11 is 0. The number of aryl methyl sites for hydroxylation is 2. The van der Waals surface area contributed by atoms with Gasteiger partial charge >= 0.3 is 5.97 Å². The van der Waals surface area contributed by atoms with Crippen molar-refractivity contribution >= 4 is 5.97 Å². The molecular formula is C28H30O4. The second-order valence-electron chi connectivity index (χ2n) is 9.37. The fourth-order valence-electron chi connectivity index (χ4n) is 5.15. The van der Waals surface area contributed by atoms with Crippen LogP contribution in [0, 0.1) is 13.8 Å². The van der Waals surface area contributed by atoms with Gasteiger partial charge in [-0.05, 0) is 72.2 Å². The minimum absolute atomic E-state index is 0.146. The van der Waals surface area contributed by atoms with E-state index in [0.29, 0.717) is 5.56 Å². The first kappa shape index (κ1) is 21.9. The van der Waals surface area contributed by atoms with Gasteiger partial charge in [0.2, 0.25) is 0 Å². The van der Waals surface area contributed by atoms with Crippen LogP contribution in [-0.2, 0) is 10.3 Å². The summed E-state index contributed by atoms with van der Waals surface area (Å²) in [5, 5.41) is 20.1. The first-order chi connectivity index (χ1) is 15.1. The molecule has 0 unspecified atom stereocenters. The average Bonchev–Trinajstić information content (AvgIpc) is 3.00. The van der Waals surface area contributed by atoms with Gasteiger partial charge in [0.25, 0.3) is 0 Å². The highest BCUT2D eigenvalue weighted by atomic mass is 16.6. The minimum atomic E-state index is -1.17. The standard InChI is InChI=1S/C28H30O4/c1-15(2)21-9-12-24-26(25(21)16(3)4)27(31)32-28(24,22-10-7-19(29)13-17(22)5)23-11-8-20(30)14-18(23)6/h7-16,29-30H,1-6H3. The van der Waals surface area contributed by atoms with E-state index in [1.165, 1.54) is 0 Å². The Labute approximate surface area is 189 Å². The zero-order valence-electron chi connectivity index (χ0n) is 19.5. The average molecular weight is 431 g/mol. The van der Waals surface area contributed by atoms with Crippen molar-refractivity contribution in [3.05, 3.63) is 93.0 Å². The Morgan fingerprint density at radius 1 is 0.750 bits per heavy atom. The van der Waals surface area contributed by atoms with Gasteiger partial charge in [0, 0.05) is 16.7 Å². The minimum Gasteiger partial charge on any atom is -0.508 e. The molecule has 166 valence electrons. The molecule has 0 amide bonds. The Morgan fingerprint density at radius 2 is 1.25 bits per heavy atom. The van der Waals surface area contributed by atoms with E-state index in [-0.39, 0.29) is 29.3 Å². The predicted molar refractivity (Wildman–Crippen MR) is 126 cm³/mol. The summed E-state index contributed by atoms with van der Waals surface area (Å²) in [4.78, 5) is 13.6. The van der Waals surface area contributed by atoms with Gasteiger partial charge in [-0.1, -0.05) is 52.0 Å². The van der Waals surface area contributed by atoms with E-state index < -0.39 is 5.60 Å². The maximum absolute atomic E-state index is 13.6. The number of ether oxygens (including phenoxy) is 1. The van der Waals surface area contributed by atoms with Crippen molar-refractivity contribution in [2.24, 2.45) is 0 Å². The number of aromatic hydroxyl groups is 2. The Hall–Kier alpha value is -3.27. The molecule has 2 N–H and O–H groups in total. The van der Waals surface area contributed by atoms with Crippen LogP contribution in [0.1, 0.15) is 88.8 Å². The number of phenolic OH excluding ortho intramolecular Hbond substituents is 2. The molecule has 0 saturated carbocycles. The van der Waals surface area contributed by atoms with Gasteiger partial charge in [-0.2, -0.15) is 0 Å². The molecule has 0 bridgehead atoms. The summed E-state index contributed by atoms with van der Waals surface area (Å²) < 4.78 is 6.36. The molecule has 0 aromatic heterocycles. The highest BCUT2D eigenvalue weighted by molar-refractivity contribution is 5.98. The lowest BCUT2D eigenvalue weighted by molar-refractivity contribution is 0.0247. The van der Waals surface area contributed by atoms with E-state index in [9.17, 15) is 15.0 Å². The van der Waals surface area contributed by atoms with Crippen molar-refractivity contribution in [3.8, 4) is 11.5 Å². The van der Waals surface area contributed by atoms with Crippen LogP contribution in [0.3, 0.4) is 0 Å². The summed E-state index contributed by atoms with van der Waals surface area (Å²) in [6.45, 7) is 12.3. The Balaban J connectivity index is 2.15. The van der Waals surface area contributed by atoms with Crippen molar-refractivity contribution in [1.29, 1.82) is 0 Å². The van der Waals surface area contributed by atoms with Crippen LogP contribution in [0.4, 0.5) is 0 Å². The van der Waals surface area contributed by atoms with Gasteiger partial charge in [-0.25, -0.2) is 4.79 Å². The smallest absolute Gasteiger partial charge is 0.340 e. The number of esters is 1. The van der Waals surface area contributed by atoms with Crippen LogP contribution in [0.5, 0.6) is 11.5 Å². The molecule has 0 fully saturated rings. The predicted octanol–water partition coefficient (Wildman–Crippen LogP) is 6.42. The zero-order chi connectivity index (χ0) is 23.4. The molecular weight excluding hydrogens is 400 g/mol. The van der Waals surface area contributed by atoms with Gasteiger partial charge < -0.3 is 14.9 Å². The number of phenols is 2. The molecule has 0 spiro atoms. The fourth-order valence-corrected chi connectivity index (χ4v) is 5.15. The van der Waals surface area contributed by atoms with Crippen LogP contribution in [-0.4, -0.2) is 16.2 Å². The topological polar surface area (TPSA) is 66.8 Å². The van der Waals surface area contributed by atoms with E-state index in [1.807, 2.05) is 32.0 Å². The lowest BCUT2D eigenvalue weighted by Gasteiger charge is -2.33. The molecule has 4 heteroatoms. The van der Waals surface area contributed by atoms with Crippen LogP contribution in [0.25, 0.3) is 0 Å².